The molecule has 0 fully saturated rings. The van der Waals surface area contributed by atoms with Gasteiger partial charge in [0.05, 0.1) is 6.61 Å². The molecule has 150 valence electrons. The van der Waals surface area contributed by atoms with Crippen LogP contribution in [0.1, 0.15) is 53.5 Å². The van der Waals surface area contributed by atoms with Gasteiger partial charge in [0.15, 0.2) is 0 Å². The second-order valence-electron chi connectivity index (χ2n) is 9.45. The Balaban J connectivity index is 2.08. The topological polar surface area (TPSA) is 38.6 Å². The number of nitrogens with one attached hydrogen (secondary N) is 1. The highest BCUT2D eigenvalue weighted by Crippen LogP contribution is 2.35. The third-order valence-electron chi connectivity index (χ3n) is 4.63. The molecular formula is C24H33N3O. The van der Waals surface area contributed by atoms with Gasteiger partial charge in [0.25, 0.3) is 0 Å². The molecule has 0 aliphatic carbocycles. The van der Waals surface area contributed by atoms with Gasteiger partial charge in [-0.3, -0.25) is 4.40 Å². The van der Waals surface area contributed by atoms with Gasteiger partial charge in [-0.05, 0) is 75.4 Å². The fourth-order valence-electron chi connectivity index (χ4n) is 4.04. The van der Waals surface area contributed by atoms with Crippen LogP contribution in [0.4, 0.5) is 5.82 Å². The Morgan fingerprint density at radius 2 is 1.68 bits per heavy atom. The molecule has 0 bridgehead atoms. The van der Waals surface area contributed by atoms with Crippen molar-refractivity contribution in [3.63, 3.8) is 0 Å². The normalized spacial score (nSPS) is 12.4. The first kappa shape index (κ1) is 20.2. The van der Waals surface area contributed by atoms with E-state index in [9.17, 15) is 0 Å². The van der Waals surface area contributed by atoms with Crippen molar-refractivity contribution >= 4 is 11.5 Å². The van der Waals surface area contributed by atoms with E-state index in [2.05, 4.69) is 81.7 Å². The number of ether oxygens (including phenoxy) is 1. The van der Waals surface area contributed by atoms with Crippen LogP contribution in [-0.2, 0) is 0 Å². The lowest BCUT2D eigenvalue weighted by molar-refractivity contribution is 0.302. The van der Waals surface area contributed by atoms with Gasteiger partial charge in [-0.15, -0.1) is 0 Å². The summed E-state index contributed by atoms with van der Waals surface area (Å²) in [6.07, 6.45) is 3.19. The van der Waals surface area contributed by atoms with Crippen LogP contribution in [0.25, 0.3) is 16.9 Å². The molecule has 0 spiro atoms. The highest BCUT2D eigenvalue weighted by molar-refractivity contribution is 5.77. The lowest BCUT2D eigenvalue weighted by Crippen LogP contribution is -2.36. The summed E-state index contributed by atoms with van der Waals surface area (Å²) in [7, 11) is 0. The van der Waals surface area contributed by atoms with Crippen molar-refractivity contribution in [3.8, 4) is 17.0 Å². The summed E-state index contributed by atoms with van der Waals surface area (Å²) in [4.78, 5) is 4.94. The Hall–Kier alpha value is -2.49. The maximum absolute atomic E-state index is 5.60. The molecule has 0 amide bonds. The molecule has 0 unspecified atom stereocenters. The van der Waals surface area contributed by atoms with Gasteiger partial charge in [-0.2, -0.15) is 0 Å². The van der Waals surface area contributed by atoms with Crippen molar-refractivity contribution in [3.05, 3.63) is 48.2 Å². The summed E-state index contributed by atoms with van der Waals surface area (Å²) in [5.41, 5.74) is 4.36. The van der Waals surface area contributed by atoms with E-state index < -0.39 is 0 Å². The van der Waals surface area contributed by atoms with E-state index in [0.717, 1.165) is 34.9 Å². The van der Waals surface area contributed by atoms with Crippen molar-refractivity contribution in [2.45, 2.75) is 60.4 Å². The Morgan fingerprint density at radius 1 is 1.00 bits per heavy atom. The molecule has 0 saturated heterocycles. The van der Waals surface area contributed by atoms with Crippen LogP contribution in [0.5, 0.6) is 5.75 Å². The number of nitrogens with zero attached hydrogens (tertiary/aromatic N) is 2. The standard InChI is InChI=1S/C24H33N3O/c1-8-28-19-12-10-18(11-13-19)21-22(26-24(6,7)16-23(3,4)5)27-15-17(2)9-14-20(27)25-21/h9-15,26H,8,16H2,1-7H3. The Bertz CT molecular complexity index is 946. The van der Waals surface area contributed by atoms with Gasteiger partial charge >= 0.3 is 0 Å². The van der Waals surface area contributed by atoms with Gasteiger partial charge in [0.2, 0.25) is 0 Å². The number of benzene rings is 1. The fourth-order valence-corrected chi connectivity index (χ4v) is 4.04. The van der Waals surface area contributed by atoms with E-state index in [-0.39, 0.29) is 11.0 Å². The van der Waals surface area contributed by atoms with Crippen molar-refractivity contribution in [2.75, 3.05) is 11.9 Å². The number of hydrogen-bond donors (Lipinski definition) is 1. The van der Waals surface area contributed by atoms with E-state index in [1.54, 1.807) is 0 Å². The van der Waals surface area contributed by atoms with Crippen molar-refractivity contribution in [1.29, 1.82) is 0 Å². The second kappa shape index (κ2) is 7.50. The van der Waals surface area contributed by atoms with Crippen LogP contribution < -0.4 is 10.1 Å². The van der Waals surface area contributed by atoms with Crippen LogP contribution in [-0.4, -0.2) is 21.5 Å². The largest absolute Gasteiger partial charge is 0.494 e. The average molecular weight is 380 g/mol. The summed E-state index contributed by atoms with van der Waals surface area (Å²) in [5.74, 6) is 1.92. The number of fused-ring (bicyclic) bond motifs is 1. The van der Waals surface area contributed by atoms with Crippen molar-refractivity contribution < 1.29 is 4.74 Å². The lowest BCUT2D eigenvalue weighted by atomic mass is 9.82. The average Bonchev–Trinajstić information content (AvgIpc) is 2.91. The van der Waals surface area contributed by atoms with Crippen LogP contribution in [0.15, 0.2) is 42.6 Å². The van der Waals surface area contributed by atoms with E-state index >= 15 is 0 Å². The summed E-state index contributed by atoms with van der Waals surface area (Å²) < 4.78 is 7.77. The second-order valence-corrected chi connectivity index (χ2v) is 9.45. The molecule has 4 heteroatoms. The Kier molecular flexibility index (Phi) is 5.42. The first-order valence-corrected chi connectivity index (χ1v) is 10.1. The molecular weight excluding hydrogens is 346 g/mol. The zero-order valence-corrected chi connectivity index (χ0v) is 18.3. The van der Waals surface area contributed by atoms with Crippen molar-refractivity contribution in [1.82, 2.24) is 9.38 Å². The molecule has 3 rings (SSSR count). The van der Waals surface area contributed by atoms with Gasteiger partial charge in [-0.1, -0.05) is 26.8 Å². The van der Waals surface area contributed by atoms with Crippen LogP contribution in [0.3, 0.4) is 0 Å². The van der Waals surface area contributed by atoms with Crippen LogP contribution in [0, 0.1) is 12.3 Å². The summed E-state index contributed by atoms with van der Waals surface area (Å²) in [6.45, 7) is 16.1. The molecule has 1 N–H and O–H groups in total. The van der Waals surface area contributed by atoms with Gasteiger partial charge in [-0.25, -0.2) is 4.98 Å². The minimum absolute atomic E-state index is 0.0715. The highest BCUT2D eigenvalue weighted by Gasteiger charge is 2.28. The number of anilines is 1. The summed E-state index contributed by atoms with van der Waals surface area (Å²) >= 11 is 0. The smallest absolute Gasteiger partial charge is 0.139 e. The molecule has 3 aromatic rings. The highest BCUT2D eigenvalue weighted by atomic mass is 16.5. The lowest BCUT2D eigenvalue weighted by Gasteiger charge is -2.34. The maximum atomic E-state index is 5.60. The third-order valence-corrected chi connectivity index (χ3v) is 4.63. The van der Waals surface area contributed by atoms with Crippen LogP contribution in [0.2, 0.25) is 0 Å². The van der Waals surface area contributed by atoms with Gasteiger partial charge in [0.1, 0.15) is 22.9 Å². The first-order valence-electron chi connectivity index (χ1n) is 10.1. The zero-order chi connectivity index (χ0) is 20.5. The number of hydrogen-bond acceptors (Lipinski definition) is 3. The molecule has 0 radical (unpaired) electrons. The number of imidazole rings is 1. The quantitative estimate of drug-likeness (QED) is 0.543. The summed E-state index contributed by atoms with van der Waals surface area (Å²) in [5, 5.41) is 3.80. The molecule has 0 aliphatic rings. The molecule has 2 aromatic heterocycles. The fraction of sp³-hybridized carbons (Fsp3) is 0.458. The Labute approximate surface area is 169 Å². The third kappa shape index (κ3) is 4.67. The molecule has 0 aliphatic heterocycles. The zero-order valence-electron chi connectivity index (χ0n) is 18.3. The molecule has 0 atom stereocenters. The molecule has 28 heavy (non-hydrogen) atoms. The van der Waals surface area contributed by atoms with E-state index in [1.807, 2.05) is 19.1 Å². The monoisotopic (exact) mass is 379 g/mol. The maximum Gasteiger partial charge on any atom is 0.139 e. The van der Waals surface area contributed by atoms with Crippen LogP contribution >= 0.6 is 0 Å². The first-order chi connectivity index (χ1) is 13.1. The molecule has 4 nitrogen and oxygen atoms in total. The predicted octanol–water partition coefficient (Wildman–Crippen LogP) is 6.34. The van der Waals surface area contributed by atoms with Crippen molar-refractivity contribution in [2.24, 2.45) is 5.41 Å². The number of aryl methyl sites for hydroxylation is 1. The predicted molar refractivity (Wildman–Crippen MR) is 118 cm³/mol. The van der Waals surface area contributed by atoms with Gasteiger partial charge in [0, 0.05) is 17.3 Å². The number of pyridine rings is 1. The minimum Gasteiger partial charge on any atom is -0.494 e. The SMILES string of the molecule is CCOc1ccc(-c2nc3ccc(C)cn3c2NC(C)(C)CC(C)(C)C)cc1. The Morgan fingerprint density at radius 3 is 2.29 bits per heavy atom. The van der Waals surface area contributed by atoms with Gasteiger partial charge < -0.3 is 10.1 Å². The number of rotatable bonds is 6. The molecule has 1 aromatic carbocycles. The van der Waals surface area contributed by atoms with E-state index in [1.165, 1.54) is 5.56 Å². The summed E-state index contributed by atoms with van der Waals surface area (Å²) in [6, 6.07) is 12.4. The van der Waals surface area contributed by atoms with E-state index in [4.69, 9.17) is 9.72 Å². The van der Waals surface area contributed by atoms with E-state index in [0.29, 0.717) is 6.61 Å². The minimum atomic E-state index is -0.0715. The molecule has 0 saturated carbocycles. The number of aromatic nitrogens is 2. The molecule has 2 heterocycles.